The van der Waals surface area contributed by atoms with Crippen LogP contribution < -0.4 is 55.8 Å². The van der Waals surface area contributed by atoms with Crippen LogP contribution in [0.4, 0.5) is 0 Å². The number of aromatic nitrogens is 6. The third kappa shape index (κ3) is 18.8. The van der Waals surface area contributed by atoms with Crippen molar-refractivity contribution in [2.75, 3.05) is 67.3 Å². The number of hydrogen-bond donors (Lipinski definition) is 11. The monoisotopic (exact) mass is 1080 g/mol. The van der Waals surface area contributed by atoms with Gasteiger partial charge in [0.2, 0.25) is 11.8 Å². The van der Waals surface area contributed by atoms with Crippen LogP contribution in [0.3, 0.4) is 0 Å². The summed E-state index contributed by atoms with van der Waals surface area (Å²) in [4.78, 5) is 112. The van der Waals surface area contributed by atoms with Gasteiger partial charge in [-0.3, -0.25) is 52.6 Å². The average molecular weight is 1080 g/mol. The molecule has 3 aliphatic rings. The van der Waals surface area contributed by atoms with Crippen LogP contribution in [-0.2, 0) is 42.8 Å². The van der Waals surface area contributed by atoms with Crippen molar-refractivity contribution in [1.29, 1.82) is 0 Å². The molecule has 0 aromatic carbocycles. The number of unbranched alkanes of at least 4 members (excludes halogenated alkanes) is 3. The number of nitrogens with two attached hydrogens (primary N) is 2. The fourth-order valence-electron chi connectivity index (χ4n) is 7.74. The number of nitrogens with one attached hydrogen (secondary N) is 5. The SMILES string of the molecule is COC[C@H]1O[C@@H](n2cc(/C=C/C(=O)NCCCCCCN)c(=O)[nH]c2=O)C[C@H]1O.COC[C@H]1O[C@@H](n2cc(/C=C/C(=O)NCCN)c(=O)[nH]c2=O)C[C@H]1O.COC[C@H]1O[C@@H](n2cc(/C=C/C(=O)O)c(=O)[nH]c2=O)C[C@H]1O. The van der Waals surface area contributed by atoms with Crippen LogP contribution in [0.5, 0.6) is 0 Å². The number of aromatic amines is 3. The predicted molar refractivity (Wildman–Crippen MR) is 271 cm³/mol. The minimum absolute atomic E-state index is 0.00437. The fraction of sp³-hybridized carbons (Fsp3) is 0.553. The predicted octanol–water partition coefficient (Wildman–Crippen LogP) is -3.67. The summed E-state index contributed by atoms with van der Waals surface area (Å²) >= 11 is 0. The fourth-order valence-corrected chi connectivity index (χ4v) is 7.74. The first-order valence-corrected chi connectivity index (χ1v) is 24.1. The molecule has 3 saturated heterocycles. The van der Waals surface area contributed by atoms with Crippen LogP contribution in [0.25, 0.3) is 18.2 Å². The lowest BCUT2D eigenvalue weighted by Gasteiger charge is -2.15. The largest absolute Gasteiger partial charge is 0.478 e. The minimum Gasteiger partial charge on any atom is -0.478 e. The molecule has 0 aliphatic carbocycles. The number of hydrogen-bond acceptors (Lipinski definition) is 20. The number of aliphatic carboxylic acids is 1. The molecule has 0 unspecified atom stereocenters. The molecule has 0 saturated carbocycles. The number of rotatable bonds is 23. The van der Waals surface area contributed by atoms with Crippen LogP contribution in [0.1, 0.15) is 80.3 Å². The number of nitrogens with zero attached hydrogens (tertiary/aromatic N) is 3. The Kier molecular flexibility index (Phi) is 25.5. The Morgan fingerprint density at radius 3 is 1.24 bits per heavy atom. The van der Waals surface area contributed by atoms with Crippen molar-refractivity contribution in [3.05, 3.63) is 116 Å². The molecule has 29 nitrogen and oxygen atoms in total. The molecule has 3 aromatic rings. The normalized spacial score (nSPS) is 23.1. The summed E-state index contributed by atoms with van der Waals surface area (Å²) in [6.07, 6.45) is 8.80. The summed E-state index contributed by atoms with van der Waals surface area (Å²) in [5.74, 6) is -1.95. The molecule has 6 rings (SSSR count). The third-order valence-electron chi connectivity index (χ3n) is 11.6. The molecule has 0 spiro atoms. The highest BCUT2D eigenvalue weighted by molar-refractivity contribution is 5.92. The number of aliphatic hydroxyl groups excluding tert-OH is 3. The standard InChI is InChI=1S/C19H30N4O6.C15H22N4O6.C13H16N2O7/c1-28-12-15-14(24)10-17(29-15)23-11-13(18(26)22-19(23)27)6-7-16(25)21-9-5-3-2-4-8-20;1-24-8-11-10(20)6-13(25-11)19-7-9(14(22)18-15(19)23)2-3-12(21)17-5-4-16;1-21-6-9-8(16)4-10(22-9)15-5-7(2-3-11(17)18)12(19)14-13(15)20/h6-7,11,14-15,17,24H,2-5,8-10,12,20H2,1H3,(H,21,25)(H,22,26,27);2-3,7,10-11,13,20H,4-6,8,16H2,1H3,(H,17,21)(H,18,22,23);2-3,5,8-10,16H,4,6H2,1H3,(H,17,18)(H,14,19,20)/b7-6+;2*3-2+/t14-,15-,17-;10-,11-,13-;8-,9-,10-/m111/s1. The van der Waals surface area contributed by atoms with Crippen molar-refractivity contribution < 1.29 is 63.2 Å². The zero-order valence-electron chi connectivity index (χ0n) is 42.2. The molecule has 420 valence electrons. The number of amides is 2. The van der Waals surface area contributed by atoms with E-state index < -0.39 is 101 Å². The number of carbonyl (C=O) groups is 3. The summed E-state index contributed by atoms with van der Waals surface area (Å²) in [7, 11) is 4.43. The summed E-state index contributed by atoms with van der Waals surface area (Å²) in [6.45, 7) is 2.37. The van der Waals surface area contributed by atoms with Gasteiger partial charge in [-0.2, -0.15) is 0 Å². The van der Waals surface area contributed by atoms with E-state index in [0.717, 1.165) is 42.4 Å². The summed E-state index contributed by atoms with van der Waals surface area (Å²) in [5, 5.41) is 43.7. The van der Waals surface area contributed by atoms with E-state index in [-0.39, 0.29) is 61.7 Å². The van der Waals surface area contributed by atoms with Crippen LogP contribution in [0, 0.1) is 0 Å². The quantitative estimate of drug-likeness (QED) is 0.0322. The molecule has 9 atom stereocenters. The molecule has 3 aromatic heterocycles. The lowest BCUT2D eigenvalue weighted by Crippen LogP contribution is -2.33. The Morgan fingerprint density at radius 2 is 0.908 bits per heavy atom. The number of carboxylic acids is 1. The van der Waals surface area contributed by atoms with Crippen molar-refractivity contribution in [3.8, 4) is 0 Å². The third-order valence-corrected chi connectivity index (χ3v) is 11.6. The molecule has 13 N–H and O–H groups in total. The molecule has 76 heavy (non-hydrogen) atoms. The number of carbonyl (C=O) groups excluding carboxylic acids is 2. The van der Waals surface area contributed by atoms with E-state index in [1.54, 1.807) is 0 Å². The Labute approximate surface area is 432 Å². The average Bonchev–Trinajstić information content (AvgIpc) is 4.06. The number of ether oxygens (including phenoxy) is 6. The molecule has 6 heterocycles. The molecule has 29 heteroatoms. The van der Waals surface area contributed by atoms with Gasteiger partial charge in [-0.15, -0.1) is 0 Å². The Balaban J connectivity index is 0.000000249. The maximum absolute atomic E-state index is 12.1. The summed E-state index contributed by atoms with van der Waals surface area (Å²) in [6, 6.07) is 0. The first-order chi connectivity index (χ1) is 36.3. The lowest BCUT2D eigenvalue weighted by molar-refractivity contribution is -0.131. The number of methoxy groups -OCH3 is 3. The van der Waals surface area contributed by atoms with E-state index in [2.05, 4.69) is 25.6 Å². The van der Waals surface area contributed by atoms with Crippen molar-refractivity contribution >= 4 is 36.0 Å². The smallest absolute Gasteiger partial charge is 0.330 e. The number of H-pyrrole nitrogens is 3. The molecule has 2 amide bonds. The molecular weight excluding hydrogens is 1010 g/mol. The van der Waals surface area contributed by atoms with Crippen molar-refractivity contribution in [1.82, 2.24) is 39.3 Å². The topological polar surface area (TPSA) is 428 Å². The Hall–Kier alpha value is -6.77. The van der Waals surface area contributed by atoms with Gasteiger partial charge >= 0.3 is 23.0 Å². The van der Waals surface area contributed by atoms with Gasteiger partial charge in [-0.1, -0.05) is 12.8 Å². The van der Waals surface area contributed by atoms with Gasteiger partial charge in [-0.25, -0.2) is 19.2 Å². The van der Waals surface area contributed by atoms with E-state index in [4.69, 9.17) is 45.0 Å². The van der Waals surface area contributed by atoms with Gasteiger partial charge < -0.3 is 70.9 Å². The van der Waals surface area contributed by atoms with Crippen LogP contribution in [-0.4, -0.2) is 171 Å². The molecule has 3 fully saturated rings. The van der Waals surface area contributed by atoms with E-state index in [0.29, 0.717) is 26.2 Å². The lowest BCUT2D eigenvalue weighted by atomic mass is 10.2. The van der Waals surface area contributed by atoms with Crippen LogP contribution in [0.15, 0.2) is 65.6 Å². The van der Waals surface area contributed by atoms with Crippen LogP contribution in [0.2, 0.25) is 0 Å². The highest BCUT2D eigenvalue weighted by atomic mass is 16.6. The maximum atomic E-state index is 12.1. The first kappa shape index (κ1) is 61.8. The van der Waals surface area contributed by atoms with E-state index in [9.17, 15) is 58.5 Å². The van der Waals surface area contributed by atoms with Gasteiger partial charge in [0.05, 0.1) is 54.8 Å². The van der Waals surface area contributed by atoms with Crippen molar-refractivity contribution in [3.63, 3.8) is 0 Å². The van der Waals surface area contributed by atoms with Crippen LogP contribution >= 0.6 is 0 Å². The second-order valence-electron chi connectivity index (χ2n) is 17.3. The van der Waals surface area contributed by atoms with E-state index in [1.807, 2.05) is 0 Å². The summed E-state index contributed by atoms with van der Waals surface area (Å²) in [5.41, 5.74) is 7.00. The highest BCUT2D eigenvalue weighted by Crippen LogP contribution is 2.30. The van der Waals surface area contributed by atoms with Crippen molar-refractivity contribution in [2.45, 2.75) is 100 Å². The van der Waals surface area contributed by atoms with Gasteiger partial charge in [-0.05, 0) is 37.6 Å². The zero-order valence-corrected chi connectivity index (χ0v) is 42.2. The van der Waals surface area contributed by atoms with Gasteiger partial charge in [0, 0.05) is 97.0 Å². The van der Waals surface area contributed by atoms with Gasteiger partial charge in [0.1, 0.15) is 37.0 Å². The first-order valence-electron chi connectivity index (χ1n) is 24.1. The number of aliphatic hydroxyl groups is 3. The molecule has 3 aliphatic heterocycles. The van der Waals surface area contributed by atoms with E-state index in [1.165, 1.54) is 73.4 Å². The molecular formula is C47H68N10O19. The maximum Gasteiger partial charge on any atom is 0.330 e. The van der Waals surface area contributed by atoms with Gasteiger partial charge in [0.25, 0.3) is 16.7 Å². The van der Waals surface area contributed by atoms with E-state index >= 15 is 0 Å². The second kappa shape index (κ2) is 31.3. The molecule has 0 radical (unpaired) electrons. The van der Waals surface area contributed by atoms with Crippen molar-refractivity contribution in [2.24, 2.45) is 11.5 Å². The Bertz CT molecular complexity index is 2830. The molecule has 0 bridgehead atoms. The minimum atomic E-state index is -1.22. The summed E-state index contributed by atoms with van der Waals surface area (Å²) < 4.78 is 35.1. The number of carboxylic acid groups (broad SMARTS) is 1. The Morgan fingerprint density at radius 1 is 0.566 bits per heavy atom. The zero-order chi connectivity index (χ0) is 55.9. The second-order valence-corrected chi connectivity index (χ2v) is 17.3. The van der Waals surface area contributed by atoms with Gasteiger partial charge in [0.15, 0.2) is 0 Å². The highest BCUT2D eigenvalue weighted by Gasteiger charge is 2.37.